The SMILES string of the molecule is COc1ccc(CN2CCNC(=O)[C@@H]2CC(=O)NC2CCC2)c(C)c1C. The maximum Gasteiger partial charge on any atom is 0.237 e. The number of rotatable bonds is 6. The summed E-state index contributed by atoms with van der Waals surface area (Å²) in [6.07, 6.45) is 3.50. The largest absolute Gasteiger partial charge is 0.496 e. The fraction of sp³-hybridized carbons (Fsp3) is 0.600. The molecule has 1 aliphatic carbocycles. The Bertz CT molecular complexity index is 685. The first-order valence-corrected chi connectivity index (χ1v) is 9.43. The third kappa shape index (κ3) is 4.01. The molecule has 0 radical (unpaired) electrons. The Labute approximate surface area is 155 Å². The van der Waals surface area contributed by atoms with Gasteiger partial charge in [-0.15, -0.1) is 0 Å². The van der Waals surface area contributed by atoms with Gasteiger partial charge in [0.1, 0.15) is 5.75 Å². The van der Waals surface area contributed by atoms with Crippen LogP contribution in [0.25, 0.3) is 0 Å². The first-order valence-electron chi connectivity index (χ1n) is 9.43. The van der Waals surface area contributed by atoms with Crippen molar-refractivity contribution in [2.24, 2.45) is 0 Å². The highest BCUT2D eigenvalue weighted by Crippen LogP contribution is 2.26. The molecule has 1 heterocycles. The van der Waals surface area contributed by atoms with E-state index in [0.29, 0.717) is 19.1 Å². The molecule has 142 valence electrons. The lowest BCUT2D eigenvalue weighted by Crippen LogP contribution is -2.56. The lowest BCUT2D eigenvalue weighted by molar-refractivity contribution is -0.134. The molecular weight excluding hydrogens is 330 g/mol. The Morgan fingerprint density at radius 1 is 1.31 bits per heavy atom. The van der Waals surface area contributed by atoms with Gasteiger partial charge in [0.25, 0.3) is 0 Å². The molecule has 0 spiro atoms. The topological polar surface area (TPSA) is 70.7 Å². The van der Waals surface area contributed by atoms with Crippen LogP contribution in [0.5, 0.6) is 5.75 Å². The Morgan fingerprint density at radius 2 is 2.08 bits per heavy atom. The number of carbonyl (C=O) groups excluding carboxylic acids is 2. The average molecular weight is 359 g/mol. The van der Waals surface area contributed by atoms with E-state index in [2.05, 4.69) is 28.5 Å². The molecule has 1 aromatic carbocycles. The zero-order valence-electron chi connectivity index (χ0n) is 15.9. The molecule has 1 saturated heterocycles. The highest BCUT2D eigenvalue weighted by Gasteiger charge is 2.32. The molecule has 1 saturated carbocycles. The van der Waals surface area contributed by atoms with Crippen LogP contribution in [0.4, 0.5) is 0 Å². The van der Waals surface area contributed by atoms with Crippen molar-refractivity contribution in [2.45, 2.75) is 58.2 Å². The number of hydrogen-bond donors (Lipinski definition) is 2. The Hall–Kier alpha value is -2.08. The second-order valence-electron chi connectivity index (χ2n) is 7.35. The molecule has 2 N–H and O–H groups in total. The number of piperazine rings is 1. The van der Waals surface area contributed by atoms with E-state index in [1.165, 1.54) is 17.5 Å². The van der Waals surface area contributed by atoms with Crippen molar-refractivity contribution >= 4 is 11.8 Å². The summed E-state index contributed by atoms with van der Waals surface area (Å²) >= 11 is 0. The Balaban J connectivity index is 1.70. The normalized spacial score (nSPS) is 21.0. The number of amides is 2. The van der Waals surface area contributed by atoms with E-state index in [0.717, 1.165) is 30.7 Å². The van der Waals surface area contributed by atoms with Gasteiger partial charge in [-0.1, -0.05) is 6.07 Å². The van der Waals surface area contributed by atoms with Crippen LogP contribution >= 0.6 is 0 Å². The lowest BCUT2D eigenvalue weighted by atomic mass is 9.93. The summed E-state index contributed by atoms with van der Waals surface area (Å²) in [5, 5.41) is 5.94. The lowest BCUT2D eigenvalue weighted by Gasteiger charge is -2.36. The molecule has 0 unspecified atom stereocenters. The van der Waals surface area contributed by atoms with Crippen LogP contribution in [0, 0.1) is 13.8 Å². The van der Waals surface area contributed by atoms with Crippen LogP contribution in [0.15, 0.2) is 12.1 Å². The summed E-state index contributed by atoms with van der Waals surface area (Å²) < 4.78 is 5.38. The minimum Gasteiger partial charge on any atom is -0.496 e. The third-order valence-electron chi connectivity index (χ3n) is 5.73. The molecule has 2 amide bonds. The molecule has 6 heteroatoms. The molecule has 1 aromatic rings. The second kappa shape index (κ2) is 8.08. The maximum absolute atomic E-state index is 12.4. The van der Waals surface area contributed by atoms with E-state index in [-0.39, 0.29) is 18.2 Å². The smallest absolute Gasteiger partial charge is 0.237 e. The Morgan fingerprint density at radius 3 is 2.73 bits per heavy atom. The number of ether oxygens (including phenoxy) is 1. The minimum absolute atomic E-state index is 0.0237. The Kier molecular flexibility index (Phi) is 5.81. The van der Waals surface area contributed by atoms with Gasteiger partial charge < -0.3 is 15.4 Å². The molecular formula is C20H29N3O3. The molecule has 0 bridgehead atoms. The molecule has 2 aliphatic rings. The fourth-order valence-electron chi connectivity index (χ4n) is 3.65. The molecule has 26 heavy (non-hydrogen) atoms. The first kappa shape index (κ1) is 18.7. The summed E-state index contributed by atoms with van der Waals surface area (Å²) in [7, 11) is 1.67. The minimum atomic E-state index is -0.411. The van der Waals surface area contributed by atoms with Gasteiger partial charge in [-0.3, -0.25) is 14.5 Å². The van der Waals surface area contributed by atoms with Crippen molar-refractivity contribution in [3.05, 3.63) is 28.8 Å². The van der Waals surface area contributed by atoms with Crippen molar-refractivity contribution in [1.82, 2.24) is 15.5 Å². The third-order valence-corrected chi connectivity index (χ3v) is 5.73. The number of carbonyl (C=O) groups is 2. The average Bonchev–Trinajstić information content (AvgIpc) is 2.58. The summed E-state index contributed by atoms with van der Waals surface area (Å²) in [5.74, 6) is 0.798. The van der Waals surface area contributed by atoms with Gasteiger partial charge in [-0.25, -0.2) is 0 Å². The van der Waals surface area contributed by atoms with Gasteiger partial charge in [0, 0.05) is 25.7 Å². The zero-order chi connectivity index (χ0) is 18.7. The van der Waals surface area contributed by atoms with Gasteiger partial charge in [-0.05, 0) is 55.9 Å². The van der Waals surface area contributed by atoms with Crippen molar-refractivity contribution < 1.29 is 14.3 Å². The summed E-state index contributed by atoms with van der Waals surface area (Å²) in [6, 6.07) is 3.92. The van der Waals surface area contributed by atoms with Crippen molar-refractivity contribution in [3.63, 3.8) is 0 Å². The van der Waals surface area contributed by atoms with E-state index >= 15 is 0 Å². The van der Waals surface area contributed by atoms with Gasteiger partial charge in [0.15, 0.2) is 0 Å². The van der Waals surface area contributed by atoms with E-state index in [4.69, 9.17) is 4.74 Å². The van der Waals surface area contributed by atoms with E-state index < -0.39 is 6.04 Å². The van der Waals surface area contributed by atoms with Crippen molar-refractivity contribution in [2.75, 3.05) is 20.2 Å². The molecule has 0 aromatic heterocycles. The second-order valence-corrected chi connectivity index (χ2v) is 7.35. The highest BCUT2D eigenvalue weighted by atomic mass is 16.5. The predicted octanol–water partition coefficient (Wildman–Crippen LogP) is 1.67. The molecule has 2 fully saturated rings. The number of nitrogens with zero attached hydrogens (tertiary/aromatic N) is 1. The van der Waals surface area contributed by atoms with E-state index in [1.54, 1.807) is 7.11 Å². The molecule has 6 nitrogen and oxygen atoms in total. The van der Waals surface area contributed by atoms with Crippen LogP contribution in [0.3, 0.4) is 0 Å². The molecule has 3 rings (SSSR count). The zero-order valence-corrected chi connectivity index (χ0v) is 15.9. The quantitative estimate of drug-likeness (QED) is 0.811. The van der Waals surface area contributed by atoms with Gasteiger partial charge in [-0.2, -0.15) is 0 Å². The summed E-state index contributed by atoms with van der Waals surface area (Å²) in [4.78, 5) is 26.8. The number of benzene rings is 1. The van der Waals surface area contributed by atoms with Gasteiger partial charge in [0.05, 0.1) is 19.6 Å². The van der Waals surface area contributed by atoms with Crippen LogP contribution in [0.2, 0.25) is 0 Å². The van der Waals surface area contributed by atoms with Gasteiger partial charge >= 0.3 is 0 Å². The summed E-state index contributed by atoms with van der Waals surface area (Å²) in [5.41, 5.74) is 3.46. The highest BCUT2D eigenvalue weighted by molar-refractivity contribution is 5.89. The van der Waals surface area contributed by atoms with Crippen LogP contribution in [0.1, 0.15) is 42.4 Å². The van der Waals surface area contributed by atoms with E-state index in [1.807, 2.05) is 13.0 Å². The fourth-order valence-corrected chi connectivity index (χ4v) is 3.65. The monoisotopic (exact) mass is 359 g/mol. The van der Waals surface area contributed by atoms with Crippen molar-refractivity contribution in [3.8, 4) is 5.75 Å². The standard InChI is InChI=1S/C20H29N3O3/c1-13-14(2)18(26-3)8-7-15(13)12-23-10-9-21-20(25)17(23)11-19(24)22-16-5-4-6-16/h7-8,16-17H,4-6,9-12H2,1-3H3,(H,21,25)(H,22,24)/t17-/m0/s1. The van der Waals surface area contributed by atoms with Crippen molar-refractivity contribution in [1.29, 1.82) is 0 Å². The van der Waals surface area contributed by atoms with E-state index in [9.17, 15) is 9.59 Å². The number of methoxy groups -OCH3 is 1. The van der Waals surface area contributed by atoms with Crippen LogP contribution in [-0.4, -0.2) is 49.0 Å². The summed E-state index contributed by atoms with van der Waals surface area (Å²) in [6.45, 7) is 6.15. The van der Waals surface area contributed by atoms with Gasteiger partial charge in [0.2, 0.25) is 11.8 Å². The number of hydrogen-bond acceptors (Lipinski definition) is 4. The number of nitrogens with one attached hydrogen (secondary N) is 2. The van der Waals surface area contributed by atoms with Crippen LogP contribution in [-0.2, 0) is 16.1 Å². The molecule has 1 atom stereocenters. The first-order chi connectivity index (χ1) is 12.5. The molecule has 1 aliphatic heterocycles. The van der Waals surface area contributed by atoms with Crippen LogP contribution < -0.4 is 15.4 Å². The maximum atomic E-state index is 12.4. The predicted molar refractivity (Wildman–Crippen MR) is 100 cm³/mol.